The molecule has 0 radical (unpaired) electrons. The number of hydrogen-bond donors (Lipinski definition) is 2. The standard InChI is InChI=1S/C26H28N4O3/c1-17(27-22(31)16-18-10-6-7-11-18)25(32)29-24-26(33)30(2)21-15-9-8-14-20(21)23(28-24)19-12-4-3-5-13-19/h3-5,8-10,12-15,17,24H,6-7,11,16H2,1-2H3,(H,27,31)(H,29,32)/t17-,24+/m0/s1. The number of carbonyl (C=O) groups is 3. The Morgan fingerprint density at radius 2 is 1.85 bits per heavy atom. The minimum absolute atomic E-state index is 0.198. The molecule has 1 heterocycles. The lowest BCUT2D eigenvalue weighted by molar-refractivity contribution is -0.130. The summed E-state index contributed by atoms with van der Waals surface area (Å²) in [6.45, 7) is 1.61. The fourth-order valence-corrected chi connectivity index (χ4v) is 4.16. The van der Waals surface area contributed by atoms with Gasteiger partial charge in [-0.2, -0.15) is 0 Å². The molecule has 2 aliphatic rings. The minimum Gasteiger partial charge on any atom is -0.344 e. The second-order valence-corrected chi connectivity index (χ2v) is 8.39. The van der Waals surface area contributed by atoms with Crippen LogP contribution >= 0.6 is 0 Å². The van der Waals surface area contributed by atoms with Crippen LogP contribution in [-0.2, 0) is 14.4 Å². The van der Waals surface area contributed by atoms with Crippen LogP contribution in [-0.4, -0.2) is 42.7 Å². The fourth-order valence-electron chi connectivity index (χ4n) is 4.16. The van der Waals surface area contributed by atoms with Gasteiger partial charge < -0.3 is 15.5 Å². The number of nitrogens with one attached hydrogen (secondary N) is 2. The van der Waals surface area contributed by atoms with E-state index in [1.54, 1.807) is 14.0 Å². The molecule has 1 aliphatic carbocycles. The normalized spacial score (nSPS) is 18.5. The number of allylic oxidation sites excluding steroid dienone is 1. The molecule has 0 bridgehead atoms. The Labute approximate surface area is 193 Å². The number of benzodiazepines with no additional fused rings is 1. The maximum absolute atomic E-state index is 13.2. The van der Waals surface area contributed by atoms with Crippen molar-refractivity contribution in [3.05, 3.63) is 77.4 Å². The highest BCUT2D eigenvalue weighted by Crippen LogP contribution is 2.27. The second kappa shape index (κ2) is 9.81. The monoisotopic (exact) mass is 444 g/mol. The molecule has 2 aromatic carbocycles. The van der Waals surface area contributed by atoms with Gasteiger partial charge in [-0.15, -0.1) is 0 Å². The Hall–Kier alpha value is -3.74. The van der Waals surface area contributed by atoms with E-state index < -0.39 is 18.1 Å². The number of hydrogen-bond acceptors (Lipinski definition) is 4. The predicted octanol–water partition coefficient (Wildman–Crippen LogP) is 2.95. The molecule has 2 N–H and O–H groups in total. The zero-order chi connectivity index (χ0) is 23.4. The Morgan fingerprint density at radius 1 is 1.12 bits per heavy atom. The van der Waals surface area contributed by atoms with Crippen molar-refractivity contribution in [2.45, 2.75) is 44.8 Å². The number of aliphatic imine (C=N–C) groups is 1. The predicted molar refractivity (Wildman–Crippen MR) is 128 cm³/mol. The third kappa shape index (κ3) is 5.03. The van der Waals surface area contributed by atoms with Crippen LogP contribution in [0.15, 0.2) is 71.2 Å². The van der Waals surface area contributed by atoms with Gasteiger partial charge in [-0.1, -0.05) is 60.2 Å². The average Bonchev–Trinajstić information content (AvgIpc) is 3.30. The SMILES string of the molecule is C[C@H](NC(=O)CC1=CCCC1)C(=O)N[C@H]1N=C(c2ccccc2)c2ccccc2N(C)C1=O. The van der Waals surface area contributed by atoms with Gasteiger partial charge in [0.15, 0.2) is 0 Å². The zero-order valence-corrected chi connectivity index (χ0v) is 18.9. The molecule has 4 rings (SSSR count). The lowest BCUT2D eigenvalue weighted by Gasteiger charge is -2.22. The first-order valence-electron chi connectivity index (χ1n) is 11.2. The zero-order valence-electron chi connectivity index (χ0n) is 18.9. The van der Waals surface area contributed by atoms with Gasteiger partial charge in [0.2, 0.25) is 18.0 Å². The number of nitrogens with zero attached hydrogens (tertiary/aromatic N) is 2. The van der Waals surface area contributed by atoms with Crippen molar-refractivity contribution in [1.29, 1.82) is 0 Å². The molecule has 33 heavy (non-hydrogen) atoms. The van der Waals surface area contributed by atoms with Gasteiger partial charge in [0.25, 0.3) is 5.91 Å². The number of carbonyl (C=O) groups excluding carboxylic acids is 3. The third-order valence-corrected chi connectivity index (χ3v) is 5.96. The molecule has 1 aliphatic heterocycles. The molecule has 2 atom stereocenters. The summed E-state index contributed by atoms with van der Waals surface area (Å²) in [5, 5.41) is 5.46. The van der Waals surface area contributed by atoms with Crippen molar-refractivity contribution in [1.82, 2.24) is 10.6 Å². The molecular weight excluding hydrogens is 416 g/mol. The summed E-state index contributed by atoms with van der Waals surface area (Å²) in [7, 11) is 1.67. The van der Waals surface area contributed by atoms with Gasteiger partial charge in [0.1, 0.15) is 6.04 Å². The van der Waals surface area contributed by atoms with E-state index in [0.29, 0.717) is 17.8 Å². The first kappa shape index (κ1) is 22.5. The van der Waals surface area contributed by atoms with E-state index in [0.717, 1.165) is 36.0 Å². The molecular formula is C26H28N4O3. The molecule has 0 aromatic heterocycles. The molecule has 0 fully saturated rings. The Bertz CT molecular complexity index is 1120. The number of benzene rings is 2. The van der Waals surface area contributed by atoms with Crippen molar-refractivity contribution < 1.29 is 14.4 Å². The molecule has 2 aromatic rings. The lowest BCUT2D eigenvalue weighted by atomic mass is 10.0. The summed E-state index contributed by atoms with van der Waals surface area (Å²) in [6.07, 6.45) is 4.27. The van der Waals surface area contributed by atoms with Crippen LogP contribution in [0.1, 0.15) is 43.7 Å². The van der Waals surface area contributed by atoms with E-state index in [1.807, 2.05) is 54.6 Å². The molecule has 0 unspecified atom stereocenters. The number of likely N-dealkylation sites (N-methyl/N-ethyl adjacent to an activating group) is 1. The first-order chi connectivity index (χ1) is 15.9. The maximum Gasteiger partial charge on any atom is 0.272 e. The summed E-state index contributed by atoms with van der Waals surface area (Å²) >= 11 is 0. The van der Waals surface area contributed by atoms with Crippen molar-refractivity contribution >= 4 is 29.1 Å². The van der Waals surface area contributed by atoms with Crippen LogP contribution in [0.3, 0.4) is 0 Å². The highest BCUT2D eigenvalue weighted by molar-refractivity contribution is 6.20. The van der Waals surface area contributed by atoms with E-state index in [2.05, 4.69) is 21.7 Å². The minimum atomic E-state index is -1.11. The van der Waals surface area contributed by atoms with E-state index in [9.17, 15) is 14.4 Å². The third-order valence-electron chi connectivity index (χ3n) is 5.96. The average molecular weight is 445 g/mol. The van der Waals surface area contributed by atoms with Gasteiger partial charge in [-0.25, -0.2) is 4.99 Å². The molecule has 0 spiro atoms. The lowest BCUT2D eigenvalue weighted by Crippen LogP contribution is -2.52. The van der Waals surface area contributed by atoms with E-state index in [-0.39, 0.29) is 11.8 Å². The molecule has 170 valence electrons. The molecule has 3 amide bonds. The Kier molecular flexibility index (Phi) is 6.68. The van der Waals surface area contributed by atoms with Crippen molar-refractivity contribution in [3.63, 3.8) is 0 Å². The van der Waals surface area contributed by atoms with Crippen LogP contribution in [0.4, 0.5) is 5.69 Å². The van der Waals surface area contributed by atoms with Crippen LogP contribution in [0.5, 0.6) is 0 Å². The summed E-state index contributed by atoms with van der Waals surface area (Å²) in [6, 6.07) is 16.3. The van der Waals surface area contributed by atoms with Gasteiger partial charge in [0, 0.05) is 24.6 Å². The largest absolute Gasteiger partial charge is 0.344 e. The van der Waals surface area contributed by atoms with Crippen LogP contribution < -0.4 is 15.5 Å². The van der Waals surface area contributed by atoms with E-state index in [1.165, 1.54) is 4.90 Å². The molecule has 7 heteroatoms. The van der Waals surface area contributed by atoms with Crippen LogP contribution in [0.2, 0.25) is 0 Å². The van der Waals surface area contributed by atoms with Crippen molar-refractivity contribution in [2.75, 3.05) is 11.9 Å². The summed E-state index contributed by atoms with van der Waals surface area (Å²) in [5.74, 6) is -1.01. The fraction of sp³-hybridized carbons (Fsp3) is 0.308. The topological polar surface area (TPSA) is 90.9 Å². The molecule has 7 nitrogen and oxygen atoms in total. The Morgan fingerprint density at radius 3 is 2.58 bits per heavy atom. The number of fused-ring (bicyclic) bond motifs is 1. The van der Waals surface area contributed by atoms with Gasteiger partial charge in [-0.05, 0) is 32.3 Å². The summed E-state index contributed by atoms with van der Waals surface area (Å²) in [5.41, 5.74) is 4.10. The van der Waals surface area contributed by atoms with Gasteiger partial charge >= 0.3 is 0 Å². The smallest absolute Gasteiger partial charge is 0.272 e. The number of para-hydroxylation sites is 1. The molecule has 0 saturated carbocycles. The van der Waals surface area contributed by atoms with E-state index in [4.69, 9.17) is 0 Å². The first-order valence-corrected chi connectivity index (χ1v) is 11.2. The maximum atomic E-state index is 13.2. The second-order valence-electron chi connectivity index (χ2n) is 8.39. The van der Waals surface area contributed by atoms with Crippen molar-refractivity contribution in [2.24, 2.45) is 4.99 Å². The highest BCUT2D eigenvalue weighted by atomic mass is 16.2. The number of rotatable bonds is 6. The summed E-state index contributed by atoms with van der Waals surface area (Å²) in [4.78, 5) is 44.6. The van der Waals surface area contributed by atoms with Gasteiger partial charge in [0.05, 0.1) is 11.4 Å². The number of anilines is 1. The van der Waals surface area contributed by atoms with Gasteiger partial charge in [-0.3, -0.25) is 14.4 Å². The van der Waals surface area contributed by atoms with Crippen LogP contribution in [0.25, 0.3) is 0 Å². The van der Waals surface area contributed by atoms with Crippen molar-refractivity contribution in [3.8, 4) is 0 Å². The molecule has 0 saturated heterocycles. The van der Waals surface area contributed by atoms with E-state index >= 15 is 0 Å². The summed E-state index contributed by atoms with van der Waals surface area (Å²) < 4.78 is 0. The van der Waals surface area contributed by atoms with Crippen LogP contribution in [0, 0.1) is 0 Å². The quantitative estimate of drug-likeness (QED) is 0.671. The highest BCUT2D eigenvalue weighted by Gasteiger charge is 2.32. The number of amides is 3. The Balaban J connectivity index is 1.55.